The van der Waals surface area contributed by atoms with Gasteiger partial charge in [0.25, 0.3) is 5.91 Å². The summed E-state index contributed by atoms with van der Waals surface area (Å²) in [5.41, 5.74) is 3.09. The SMILES string of the molecule is COc1ccnc(C(=O)N[C@@H](C)c2nc(-c3cc(C)cc(C)c3)nn2C)c1OC(C)=O. The summed E-state index contributed by atoms with van der Waals surface area (Å²) < 4.78 is 12.0. The number of ether oxygens (including phenoxy) is 2. The van der Waals surface area contributed by atoms with Crippen molar-refractivity contribution in [3.8, 4) is 22.9 Å². The number of amides is 1. The predicted molar refractivity (Wildman–Crippen MR) is 114 cm³/mol. The number of nitrogens with one attached hydrogen (secondary N) is 1. The lowest BCUT2D eigenvalue weighted by Gasteiger charge is -2.15. The molecule has 0 aliphatic carbocycles. The summed E-state index contributed by atoms with van der Waals surface area (Å²) in [5.74, 6) is 0.234. The molecule has 0 bridgehead atoms. The number of rotatable bonds is 6. The van der Waals surface area contributed by atoms with Gasteiger partial charge in [0.15, 0.2) is 17.3 Å². The quantitative estimate of drug-likeness (QED) is 0.607. The average Bonchev–Trinajstić information content (AvgIpc) is 3.08. The van der Waals surface area contributed by atoms with Gasteiger partial charge < -0.3 is 14.8 Å². The van der Waals surface area contributed by atoms with Crippen molar-refractivity contribution < 1.29 is 19.1 Å². The molecular weight excluding hydrogens is 398 g/mol. The Morgan fingerprint density at radius 2 is 1.84 bits per heavy atom. The number of aryl methyl sites for hydroxylation is 3. The first-order valence-corrected chi connectivity index (χ1v) is 9.71. The third-order valence-electron chi connectivity index (χ3n) is 4.56. The summed E-state index contributed by atoms with van der Waals surface area (Å²) >= 11 is 0. The lowest BCUT2D eigenvalue weighted by Crippen LogP contribution is -2.30. The minimum Gasteiger partial charge on any atom is -0.493 e. The van der Waals surface area contributed by atoms with E-state index in [0.717, 1.165) is 16.7 Å². The van der Waals surface area contributed by atoms with E-state index in [-0.39, 0.29) is 17.2 Å². The first-order valence-electron chi connectivity index (χ1n) is 9.71. The number of methoxy groups -OCH3 is 1. The zero-order valence-corrected chi connectivity index (χ0v) is 18.4. The minimum atomic E-state index is -0.584. The second-order valence-electron chi connectivity index (χ2n) is 7.27. The number of benzene rings is 1. The number of hydrogen-bond acceptors (Lipinski definition) is 7. The van der Waals surface area contributed by atoms with Crippen molar-refractivity contribution in [3.05, 3.63) is 53.1 Å². The van der Waals surface area contributed by atoms with E-state index in [9.17, 15) is 9.59 Å². The molecule has 0 spiro atoms. The smallest absolute Gasteiger partial charge is 0.308 e. The molecule has 0 aliphatic heterocycles. The van der Waals surface area contributed by atoms with Gasteiger partial charge in [-0.1, -0.05) is 17.2 Å². The molecule has 0 aliphatic rings. The Labute approximate surface area is 180 Å². The van der Waals surface area contributed by atoms with Gasteiger partial charge in [0.2, 0.25) is 5.75 Å². The van der Waals surface area contributed by atoms with E-state index >= 15 is 0 Å². The third kappa shape index (κ3) is 4.88. The maximum absolute atomic E-state index is 12.9. The van der Waals surface area contributed by atoms with Crippen LogP contribution in [0.2, 0.25) is 0 Å². The topological polar surface area (TPSA) is 108 Å². The zero-order chi connectivity index (χ0) is 22.7. The molecule has 1 aromatic carbocycles. The second-order valence-corrected chi connectivity index (χ2v) is 7.27. The standard InChI is InChI=1S/C22H25N5O4/c1-12-9-13(2)11-16(10-12)20-25-21(27(5)26-20)14(3)24-22(29)18-19(31-15(4)28)17(30-6)7-8-23-18/h7-11,14H,1-6H3,(H,24,29)/t14-/m0/s1. The van der Waals surface area contributed by atoms with Gasteiger partial charge >= 0.3 is 5.97 Å². The molecule has 0 saturated carbocycles. The highest BCUT2D eigenvalue weighted by atomic mass is 16.6. The number of pyridine rings is 1. The molecule has 9 heteroatoms. The summed E-state index contributed by atoms with van der Waals surface area (Å²) in [6.45, 7) is 7.07. The summed E-state index contributed by atoms with van der Waals surface area (Å²) in [6.07, 6.45) is 1.41. The molecule has 2 aromatic heterocycles. The molecule has 2 heterocycles. The molecule has 3 aromatic rings. The van der Waals surface area contributed by atoms with Crippen LogP contribution < -0.4 is 14.8 Å². The van der Waals surface area contributed by atoms with E-state index in [2.05, 4.69) is 26.4 Å². The summed E-state index contributed by atoms with van der Waals surface area (Å²) in [5, 5.41) is 7.33. The summed E-state index contributed by atoms with van der Waals surface area (Å²) in [7, 11) is 3.19. The molecule has 0 fully saturated rings. The van der Waals surface area contributed by atoms with Gasteiger partial charge in [0.1, 0.15) is 5.82 Å². The Morgan fingerprint density at radius 3 is 2.45 bits per heavy atom. The van der Waals surface area contributed by atoms with Crippen molar-refractivity contribution in [2.45, 2.75) is 33.7 Å². The van der Waals surface area contributed by atoms with Gasteiger partial charge in [-0.05, 0) is 32.9 Å². The molecule has 31 heavy (non-hydrogen) atoms. The Morgan fingerprint density at radius 1 is 1.16 bits per heavy atom. The van der Waals surface area contributed by atoms with Crippen molar-refractivity contribution in [2.24, 2.45) is 7.05 Å². The van der Waals surface area contributed by atoms with Gasteiger partial charge in [0.05, 0.1) is 13.2 Å². The van der Waals surface area contributed by atoms with Crippen LogP contribution in [0.4, 0.5) is 0 Å². The Hall–Kier alpha value is -3.75. The van der Waals surface area contributed by atoms with E-state index in [1.165, 1.54) is 26.3 Å². The fourth-order valence-electron chi connectivity index (χ4n) is 3.32. The second kappa shape index (κ2) is 8.95. The molecular formula is C22H25N5O4. The van der Waals surface area contributed by atoms with Gasteiger partial charge in [0, 0.05) is 31.8 Å². The Balaban J connectivity index is 1.87. The number of nitrogens with zero attached hydrogens (tertiary/aromatic N) is 4. The van der Waals surface area contributed by atoms with Crippen LogP contribution in [0.3, 0.4) is 0 Å². The molecule has 1 N–H and O–H groups in total. The largest absolute Gasteiger partial charge is 0.493 e. The molecule has 0 unspecified atom stereocenters. The number of hydrogen-bond donors (Lipinski definition) is 1. The van der Waals surface area contributed by atoms with Crippen molar-refractivity contribution >= 4 is 11.9 Å². The van der Waals surface area contributed by atoms with Gasteiger partial charge in [-0.25, -0.2) is 9.97 Å². The predicted octanol–water partition coefficient (Wildman–Crippen LogP) is 2.92. The van der Waals surface area contributed by atoms with E-state index in [0.29, 0.717) is 11.6 Å². The first kappa shape index (κ1) is 21.9. The van der Waals surface area contributed by atoms with E-state index in [1.807, 2.05) is 26.0 Å². The number of carbonyl (C=O) groups is 2. The molecule has 0 radical (unpaired) electrons. The van der Waals surface area contributed by atoms with Gasteiger partial charge in [-0.3, -0.25) is 14.3 Å². The average molecular weight is 423 g/mol. The number of esters is 1. The number of aromatic nitrogens is 4. The van der Waals surface area contributed by atoms with Crippen molar-refractivity contribution in [1.29, 1.82) is 0 Å². The highest BCUT2D eigenvalue weighted by Gasteiger charge is 2.24. The molecule has 0 saturated heterocycles. The van der Waals surface area contributed by atoms with Gasteiger partial charge in [-0.2, -0.15) is 5.10 Å². The van der Waals surface area contributed by atoms with E-state index in [1.54, 1.807) is 18.7 Å². The van der Waals surface area contributed by atoms with E-state index < -0.39 is 17.9 Å². The maximum atomic E-state index is 12.9. The van der Waals surface area contributed by atoms with E-state index in [4.69, 9.17) is 9.47 Å². The summed E-state index contributed by atoms with van der Waals surface area (Å²) in [6, 6.07) is 7.14. The van der Waals surface area contributed by atoms with Gasteiger partial charge in [-0.15, -0.1) is 0 Å². The third-order valence-corrected chi connectivity index (χ3v) is 4.56. The van der Waals surface area contributed by atoms with Crippen LogP contribution in [-0.4, -0.2) is 38.7 Å². The molecule has 9 nitrogen and oxygen atoms in total. The molecule has 3 rings (SSSR count). The fourth-order valence-corrected chi connectivity index (χ4v) is 3.32. The highest BCUT2D eigenvalue weighted by molar-refractivity contribution is 5.96. The first-order chi connectivity index (χ1) is 14.7. The number of carbonyl (C=O) groups excluding carboxylic acids is 2. The van der Waals surface area contributed by atoms with Crippen molar-refractivity contribution in [3.63, 3.8) is 0 Å². The van der Waals surface area contributed by atoms with Crippen LogP contribution in [0.25, 0.3) is 11.4 Å². The fraction of sp³-hybridized carbons (Fsp3) is 0.318. The lowest BCUT2D eigenvalue weighted by molar-refractivity contribution is -0.132. The zero-order valence-electron chi connectivity index (χ0n) is 18.4. The van der Waals surface area contributed by atoms with Crippen LogP contribution in [0.1, 0.15) is 47.3 Å². The molecule has 1 atom stereocenters. The highest BCUT2D eigenvalue weighted by Crippen LogP contribution is 2.30. The van der Waals surface area contributed by atoms with Crippen molar-refractivity contribution in [1.82, 2.24) is 25.1 Å². The minimum absolute atomic E-state index is 0.0314. The van der Waals surface area contributed by atoms with Crippen molar-refractivity contribution in [2.75, 3.05) is 7.11 Å². The van der Waals surface area contributed by atoms with Crippen LogP contribution in [0.15, 0.2) is 30.5 Å². The maximum Gasteiger partial charge on any atom is 0.308 e. The molecule has 1 amide bonds. The Kier molecular flexibility index (Phi) is 6.33. The summed E-state index contributed by atoms with van der Waals surface area (Å²) in [4.78, 5) is 33.1. The normalized spacial score (nSPS) is 11.7. The van der Waals surface area contributed by atoms with Crippen LogP contribution in [0, 0.1) is 13.8 Å². The van der Waals surface area contributed by atoms with Crippen LogP contribution in [0.5, 0.6) is 11.5 Å². The molecule has 162 valence electrons. The lowest BCUT2D eigenvalue weighted by atomic mass is 10.1. The monoisotopic (exact) mass is 423 g/mol. The van der Waals surface area contributed by atoms with Crippen LogP contribution in [-0.2, 0) is 11.8 Å². The van der Waals surface area contributed by atoms with Crippen LogP contribution >= 0.6 is 0 Å². The Bertz CT molecular complexity index is 1120.